The van der Waals surface area contributed by atoms with Gasteiger partial charge in [-0.3, -0.25) is 9.69 Å². The second-order valence-corrected chi connectivity index (χ2v) is 5.77. The molecule has 2 rings (SSSR count). The summed E-state index contributed by atoms with van der Waals surface area (Å²) >= 11 is 0. The molecule has 116 valence electrons. The highest BCUT2D eigenvalue weighted by Crippen LogP contribution is 2.32. The Bertz CT molecular complexity index is 531. The van der Waals surface area contributed by atoms with Gasteiger partial charge in [0.05, 0.1) is 0 Å². The topological polar surface area (TPSA) is 55.6 Å². The van der Waals surface area contributed by atoms with Crippen LogP contribution in [0.3, 0.4) is 0 Å². The molecule has 0 radical (unpaired) electrons. The Morgan fingerprint density at radius 2 is 2.24 bits per heavy atom. The van der Waals surface area contributed by atoms with E-state index in [4.69, 9.17) is 10.5 Å². The molecule has 1 aliphatic rings. The van der Waals surface area contributed by atoms with Crippen LogP contribution >= 0.6 is 0 Å². The van der Waals surface area contributed by atoms with Crippen molar-refractivity contribution in [3.63, 3.8) is 0 Å². The first-order valence-electron chi connectivity index (χ1n) is 7.45. The summed E-state index contributed by atoms with van der Waals surface area (Å²) in [6, 6.07) is 3.19. The van der Waals surface area contributed by atoms with Gasteiger partial charge < -0.3 is 10.5 Å². The fraction of sp³-hybridized carbons (Fsp3) is 0.562. The number of halogens is 1. The van der Waals surface area contributed by atoms with Crippen molar-refractivity contribution in [3.8, 4) is 5.75 Å². The lowest BCUT2D eigenvalue weighted by atomic mass is 9.95. The lowest BCUT2D eigenvalue weighted by Crippen LogP contribution is -2.47. The van der Waals surface area contributed by atoms with Crippen molar-refractivity contribution in [2.45, 2.75) is 45.7 Å². The quantitative estimate of drug-likeness (QED) is 0.907. The van der Waals surface area contributed by atoms with Gasteiger partial charge in [0.15, 0.2) is 11.6 Å². The van der Waals surface area contributed by atoms with E-state index in [0.29, 0.717) is 30.2 Å². The number of carbonyl (C=O) groups excluding carboxylic acids is 1. The molecule has 0 unspecified atom stereocenters. The number of hydrogen-bond acceptors (Lipinski definition) is 3. The van der Waals surface area contributed by atoms with E-state index in [0.717, 1.165) is 13.0 Å². The van der Waals surface area contributed by atoms with Gasteiger partial charge in [-0.15, -0.1) is 0 Å². The molecule has 5 heteroatoms. The molecule has 1 heterocycles. The van der Waals surface area contributed by atoms with Gasteiger partial charge in [-0.1, -0.05) is 6.92 Å². The molecular formula is C16H23FN2O2. The molecular weight excluding hydrogens is 271 g/mol. The van der Waals surface area contributed by atoms with Gasteiger partial charge >= 0.3 is 0 Å². The van der Waals surface area contributed by atoms with Crippen molar-refractivity contribution in [2.24, 2.45) is 5.73 Å². The average Bonchev–Trinajstić information content (AvgIpc) is 2.44. The molecule has 0 fully saturated rings. The summed E-state index contributed by atoms with van der Waals surface area (Å²) in [5.41, 5.74) is 6.35. The van der Waals surface area contributed by atoms with Crippen LogP contribution in [-0.4, -0.2) is 36.0 Å². The van der Waals surface area contributed by atoms with Crippen LogP contribution < -0.4 is 10.5 Å². The first-order chi connectivity index (χ1) is 9.95. The van der Waals surface area contributed by atoms with Gasteiger partial charge in [-0.05, 0) is 45.4 Å². The summed E-state index contributed by atoms with van der Waals surface area (Å²) in [4.78, 5) is 13.9. The molecule has 1 aromatic rings. The van der Waals surface area contributed by atoms with E-state index in [-0.39, 0.29) is 11.8 Å². The summed E-state index contributed by atoms with van der Waals surface area (Å²) in [5, 5.41) is 0. The Balaban J connectivity index is 2.34. The van der Waals surface area contributed by atoms with Gasteiger partial charge in [0.1, 0.15) is 6.61 Å². The molecule has 4 nitrogen and oxygen atoms in total. The predicted molar refractivity (Wildman–Crippen MR) is 80.0 cm³/mol. The zero-order chi connectivity index (χ0) is 15.6. The van der Waals surface area contributed by atoms with Crippen molar-refractivity contribution >= 4 is 5.91 Å². The maximum atomic E-state index is 13.9. The molecule has 0 saturated carbocycles. The first-order valence-corrected chi connectivity index (χ1v) is 7.45. The standard InChI is InChI=1S/C16H23FN2O2/c1-4-7-19(10(2)3)11-8-13-12(16(18)20)5-6-14(17)15(13)21-9-11/h5-6,10-11H,4,7-9H2,1-3H3,(H2,18,20)/t11-/m1/s1. The van der Waals surface area contributed by atoms with Crippen molar-refractivity contribution in [3.05, 3.63) is 29.1 Å². The zero-order valence-corrected chi connectivity index (χ0v) is 12.9. The predicted octanol–water partition coefficient (Wildman–Crippen LogP) is 2.35. The van der Waals surface area contributed by atoms with Crippen LogP contribution in [0.15, 0.2) is 12.1 Å². The molecule has 0 aromatic heterocycles. The van der Waals surface area contributed by atoms with Crippen molar-refractivity contribution in [1.29, 1.82) is 0 Å². The van der Waals surface area contributed by atoms with E-state index in [1.54, 1.807) is 0 Å². The van der Waals surface area contributed by atoms with Gasteiger partial charge in [-0.2, -0.15) is 0 Å². The minimum Gasteiger partial charge on any atom is -0.489 e. The van der Waals surface area contributed by atoms with E-state index in [9.17, 15) is 9.18 Å². The van der Waals surface area contributed by atoms with Crippen LogP contribution in [0.5, 0.6) is 5.75 Å². The van der Waals surface area contributed by atoms with Crippen LogP contribution in [0.1, 0.15) is 43.1 Å². The number of benzene rings is 1. The molecule has 0 aliphatic carbocycles. The molecule has 1 aromatic carbocycles. The van der Waals surface area contributed by atoms with Crippen LogP contribution in [0.4, 0.5) is 4.39 Å². The molecule has 0 spiro atoms. The number of hydrogen-bond donors (Lipinski definition) is 1. The molecule has 1 atom stereocenters. The Hall–Kier alpha value is -1.62. The van der Waals surface area contributed by atoms with E-state index >= 15 is 0 Å². The Labute approximate surface area is 125 Å². The molecule has 2 N–H and O–H groups in total. The minimum atomic E-state index is -0.540. The first kappa shape index (κ1) is 15.8. The normalized spacial score (nSPS) is 17.7. The van der Waals surface area contributed by atoms with Crippen LogP contribution in [-0.2, 0) is 6.42 Å². The second kappa shape index (κ2) is 6.43. The van der Waals surface area contributed by atoms with Crippen molar-refractivity contribution in [1.82, 2.24) is 4.90 Å². The number of fused-ring (bicyclic) bond motifs is 1. The highest BCUT2D eigenvalue weighted by molar-refractivity contribution is 5.95. The fourth-order valence-corrected chi connectivity index (χ4v) is 3.00. The number of primary amides is 1. The zero-order valence-electron chi connectivity index (χ0n) is 12.9. The number of rotatable bonds is 5. The highest BCUT2D eigenvalue weighted by Gasteiger charge is 2.30. The van der Waals surface area contributed by atoms with E-state index in [1.165, 1.54) is 12.1 Å². The summed E-state index contributed by atoms with van der Waals surface area (Å²) < 4.78 is 19.5. The molecule has 1 aliphatic heterocycles. The molecule has 0 bridgehead atoms. The number of carbonyl (C=O) groups is 1. The number of nitrogens with two attached hydrogens (primary N) is 1. The Morgan fingerprint density at radius 1 is 1.52 bits per heavy atom. The summed E-state index contributed by atoms with van der Waals surface area (Å²) in [6.45, 7) is 7.77. The maximum Gasteiger partial charge on any atom is 0.249 e. The molecule has 21 heavy (non-hydrogen) atoms. The highest BCUT2D eigenvalue weighted by atomic mass is 19.1. The third-order valence-electron chi connectivity index (χ3n) is 3.95. The SMILES string of the molecule is CCCN(C(C)C)[C@H]1COc2c(F)ccc(C(N)=O)c2C1. The maximum absolute atomic E-state index is 13.9. The van der Waals surface area contributed by atoms with E-state index < -0.39 is 11.7 Å². The second-order valence-electron chi connectivity index (χ2n) is 5.77. The number of nitrogens with zero attached hydrogens (tertiary/aromatic N) is 1. The number of amides is 1. The van der Waals surface area contributed by atoms with Gasteiger partial charge in [-0.25, -0.2) is 4.39 Å². The average molecular weight is 294 g/mol. The lowest BCUT2D eigenvalue weighted by molar-refractivity contribution is 0.0883. The molecule has 1 amide bonds. The summed E-state index contributed by atoms with van der Waals surface area (Å²) in [7, 11) is 0. The van der Waals surface area contributed by atoms with Crippen LogP contribution in [0.25, 0.3) is 0 Å². The largest absolute Gasteiger partial charge is 0.489 e. The Kier molecular flexibility index (Phi) is 4.83. The minimum absolute atomic E-state index is 0.136. The fourth-order valence-electron chi connectivity index (χ4n) is 3.00. The monoisotopic (exact) mass is 294 g/mol. The van der Waals surface area contributed by atoms with Gasteiger partial charge in [0, 0.05) is 23.2 Å². The number of ether oxygens (including phenoxy) is 1. The van der Waals surface area contributed by atoms with Gasteiger partial charge in [0.2, 0.25) is 5.91 Å². The third kappa shape index (κ3) is 3.18. The van der Waals surface area contributed by atoms with Gasteiger partial charge in [0.25, 0.3) is 0 Å². The lowest BCUT2D eigenvalue weighted by Gasteiger charge is -2.38. The van der Waals surface area contributed by atoms with Crippen LogP contribution in [0.2, 0.25) is 0 Å². The van der Waals surface area contributed by atoms with E-state index in [1.807, 2.05) is 0 Å². The van der Waals surface area contributed by atoms with Crippen molar-refractivity contribution < 1.29 is 13.9 Å². The van der Waals surface area contributed by atoms with Crippen LogP contribution in [0, 0.1) is 5.82 Å². The van der Waals surface area contributed by atoms with E-state index in [2.05, 4.69) is 25.7 Å². The molecule has 0 saturated heterocycles. The third-order valence-corrected chi connectivity index (χ3v) is 3.95. The Morgan fingerprint density at radius 3 is 2.81 bits per heavy atom. The summed E-state index contributed by atoms with van der Waals surface area (Å²) in [6.07, 6.45) is 1.62. The van der Waals surface area contributed by atoms with Crippen molar-refractivity contribution in [2.75, 3.05) is 13.2 Å². The summed E-state index contributed by atoms with van der Waals surface area (Å²) in [5.74, 6) is -0.787. The smallest absolute Gasteiger partial charge is 0.249 e.